The van der Waals surface area contributed by atoms with Crippen LogP contribution < -0.4 is 0 Å². The number of rotatable bonds is 2. The van der Waals surface area contributed by atoms with E-state index in [1.807, 2.05) is 0 Å². The fraction of sp³-hybridized carbons (Fsp3) is 0.214. The van der Waals surface area contributed by atoms with Gasteiger partial charge in [0.05, 0.1) is 0 Å². The molecule has 2 N–H and O–H groups in total. The molecule has 0 saturated carbocycles. The molecule has 3 rings (SSSR count). The van der Waals surface area contributed by atoms with Crippen LogP contribution in [0.5, 0.6) is 0 Å². The van der Waals surface area contributed by atoms with Gasteiger partial charge in [0.2, 0.25) is 5.60 Å². The Bertz CT molecular complexity index is 790. The van der Waals surface area contributed by atoms with Crippen LogP contribution in [0.3, 0.4) is 0 Å². The average Bonchev–Trinajstić information content (AvgIpc) is 3.03. The van der Waals surface area contributed by atoms with Crippen molar-refractivity contribution in [2.45, 2.75) is 11.8 Å². The summed E-state index contributed by atoms with van der Waals surface area (Å²) in [6, 6.07) is 6.50. The van der Waals surface area contributed by atoms with E-state index >= 15 is 0 Å². The van der Waals surface area contributed by atoms with Crippen LogP contribution in [0.1, 0.15) is 11.4 Å². The molecule has 0 bridgehead atoms. The van der Waals surface area contributed by atoms with E-state index in [2.05, 4.69) is 9.97 Å². The highest BCUT2D eigenvalue weighted by atomic mass is 19.4. The van der Waals surface area contributed by atoms with Gasteiger partial charge in [-0.05, 0) is 6.07 Å². The number of fused-ring (bicyclic) bond motifs is 1. The van der Waals surface area contributed by atoms with Crippen LogP contribution in [-0.2, 0) is 12.6 Å². The Morgan fingerprint density at radius 2 is 1.95 bits per heavy atom. The van der Waals surface area contributed by atoms with Gasteiger partial charge in [-0.3, -0.25) is 0 Å². The van der Waals surface area contributed by atoms with Crippen LogP contribution in [0.2, 0.25) is 0 Å². The Morgan fingerprint density at radius 3 is 2.57 bits per heavy atom. The fourth-order valence-corrected chi connectivity index (χ4v) is 2.49. The molecule has 4 nitrogen and oxygen atoms in total. The standard InChI is InChI=1S/C14H12F3N3O/c1-20-7-6-18-12(20)13(21,14(15,16)17)10-8-19-11-5-3-2-4-9(10)11/h2-8,19,21H,1H3/t13-/m1/s1. The molecule has 1 aromatic carbocycles. The minimum Gasteiger partial charge on any atom is -0.370 e. The van der Waals surface area contributed by atoms with Crippen LogP contribution in [0.15, 0.2) is 42.9 Å². The lowest BCUT2D eigenvalue weighted by Gasteiger charge is -2.29. The molecule has 0 unspecified atom stereocenters. The molecule has 0 saturated heterocycles. The number of aliphatic hydroxyl groups is 1. The zero-order valence-electron chi connectivity index (χ0n) is 11.0. The molecule has 1 atom stereocenters. The van der Waals surface area contributed by atoms with E-state index in [4.69, 9.17) is 0 Å². The van der Waals surface area contributed by atoms with Gasteiger partial charge in [0, 0.05) is 42.1 Å². The predicted octanol–water partition coefficient (Wildman–Crippen LogP) is 2.70. The van der Waals surface area contributed by atoms with Crippen LogP contribution in [0.25, 0.3) is 10.9 Å². The minimum absolute atomic E-state index is 0.264. The fourth-order valence-electron chi connectivity index (χ4n) is 2.49. The number of H-pyrrole nitrogens is 1. The van der Waals surface area contributed by atoms with Gasteiger partial charge in [-0.25, -0.2) is 4.98 Å². The number of aryl methyl sites for hydroxylation is 1. The highest BCUT2D eigenvalue weighted by Gasteiger charge is 2.59. The molecular formula is C14H12F3N3O. The lowest BCUT2D eigenvalue weighted by Crippen LogP contribution is -2.45. The summed E-state index contributed by atoms with van der Waals surface area (Å²) >= 11 is 0. The number of halogens is 3. The first-order valence-corrected chi connectivity index (χ1v) is 6.19. The summed E-state index contributed by atoms with van der Waals surface area (Å²) in [7, 11) is 1.41. The van der Waals surface area contributed by atoms with Crippen molar-refractivity contribution in [2.24, 2.45) is 7.05 Å². The molecule has 21 heavy (non-hydrogen) atoms. The number of nitrogens with zero attached hydrogens (tertiary/aromatic N) is 2. The van der Waals surface area contributed by atoms with Gasteiger partial charge in [-0.15, -0.1) is 0 Å². The molecule has 0 radical (unpaired) electrons. The Morgan fingerprint density at radius 1 is 1.24 bits per heavy atom. The Labute approximate surface area is 117 Å². The van der Waals surface area contributed by atoms with Crippen LogP contribution in [0, 0.1) is 0 Å². The molecule has 2 aromatic heterocycles. The third-order valence-electron chi connectivity index (χ3n) is 3.53. The maximum Gasteiger partial charge on any atom is 0.428 e. The van der Waals surface area contributed by atoms with Gasteiger partial charge in [-0.2, -0.15) is 13.2 Å². The highest BCUT2D eigenvalue weighted by Crippen LogP contribution is 2.45. The number of nitrogens with one attached hydrogen (secondary N) is 1. The van der Waals surface area contributed by atoms with Crippen molar-refractivity contribution in [3.8, 4) is 0 Å². The summed E-state index contributed by atoms with van der Waals surface area (Å²) in [5, 5.41) is 10.8. The zero-order valence-corrected chi connectivity index (χ0v) is 11.0. The van der Waals surface area contributed by atoms with Gasteiger partial charge in [0.1, 0.15) is 0 Å². The molecule has 0 aliphatic heterocycles. The molecule has 0 aliphatic rings. The lowest BCUT2D eigenvalue weighted by molar-refractivity contribution is -0.251. The lowest BCUT2D eigenvalue weighted by atomic mass is 9.91. The first kappa shape index (κ1) is 13.7. The molecule has 0 spiro atoms. The van der Waals surface area contributed by atoms with Crippen molar-refractivity contribution in [1.29, 1.82) is 0 Å². The van der Waals surface area contributed by atoms with Gasteiger partial charge in [0.25, 0.3) is 0 Å². The van der Waals surface area contributed by atoms with Crippen molar-refractivity contribution < 1.29 is 18.3 Å². The van der Waals surface area contributed by atoms with E-state index < -0.39 is 17.6 Å². The summed E-state index contributed by atoms with van der Waals surface area (Å²) in [4.78, 5) is 6.45. The van der Waals surface area contributed by atoms with E-state index in [0.29, 0.717) is 10.9 Å². The SMILES string of the molecule is Cn1ccnc1[C@](O)(c1c[nH]c2ccccc12)C(F)(F)F. The molecule has 0 aliphatic carbocycles. The van der Waals surface area contributed by atoms with Crippen molar-refractivity contribution >= 4 is 10.9 Å². The Kier molecular flexibility index (Phi) is 2.84. The van der Waals surface area contributed by atoms with E-state index in [-0.39, 0.29) is 5.56 Å². The van der Waals surface area contributed by atoms with E-state index in [1.165, 1.54) is 31.7 Å². The number of imidazole rings is 1. The Balaban J connectivity index is 2.34. The van der Waals surface area contributed by atoms with E-state index in [9.17, 15) is 18.3 Å². The van der Waals surface area contributed by atoms with Gasteiger partial charge in [0.15, 0.2) is 5.82 Å². The topological polar surface area (TPSA) is 53.8 Å². The normalized spacial score (nSPS) is 15.3. The maximum absolute atomic E-state index is 13.6. The molecular weight excluding hydrogens is 283 g/mol. The summed E-state index contributed by atoms with van der Waals surface area (Å²) < 4.78 is 42.0. The average molecular weight is 295 g/mol. The van der Waals surface area contributed by atoms with E-state index in [1.54, 1.807) is 18.2 Å². The summed E-state index contributed by atoms with van der Waals surface area (Å²) in [5.74, 6) is -0.472. The first-order valence-electron chi connectivity index (χ1n) is 6.19. The van der Waals surface area contributed by atoms with Crippen molar-refractivity contribution in [3.05, 3.63) is 54.2 Å². The van der Waals surface area contributed by atoms with Crippen molar-refractivity contribution in [2.75, 3.05) is 0 Å². The van der Waals surface area contributed by atoms with Crippen LogP contribution in [0.4, 0.5) is 13.2 Å². The number of para-hydroxylation sites is 1. The highest BCUT2D eigenvalue weighted by molar-refractivity contribution is 5.84. The number of aromatic amines is 1. The summed E-state index contributed by atoms with van der Waals surface area (Å²) in [6.07, 6.45) is -1.15. The second-order valence-electron chi connectivity index (χ2n) is 4.82. The third-order valence-corrected chi connectivity index (χ3v) is 3.53. The van der Waals surface area contributed by atoms with Gasteiger partial charge in [-0.1, -0.05) is 18.2 Å². The van der Waals surface area contributed by atoms with Crippen LogP contribution in [-0.4, -0.2) is 25.8 Å². The monoisotopic (exact) mass is 295 g/mol. The maximum atomic E-state index is 13.6. The van der Waals surface area contributed by atoms with Crippen LogP contribution >= 0.6 is 0 Å². The molecule has 0 fully saturated rings. The molecule has 2 heterocycles. The van der Waals surface area contributed by atoms with Crippen molar-refractivity contribution in [3.63, 3.8) is 0 Å². The first-order chi connectivity index (χ1) is 9.85. The smallest absolute Gasteiger partial charge is 0.370 e. The molecule has 0 amide bonds. The minimum atomic E-state index is -4.91. The number of benzene rings is 1. The summed E-state index contributed by atoms with van der Waals surface area (Å²) in [6.45, 7) is 0. The molecule has 7 heteroatoms. The van der Waals surface area contributed by atoms with E-state index in [0.717, 1.165) is 4.57 Å². The second-order valence-corrected chi connectivity index (χ2v) is 4.82. The Hall–Kier alpha value is -2.28. The summed E-state index contributed by atoms with van der Waals surface area (Å²) in [5.41, 5.74) is -2.92. The molecule has 3 aromatic rings. The number of aromatic nitrogens is 3. The second kappa shape index (κ2) is 4.36. The predicted molar refractivity (Wildman–Crippen MR) is 70.6 cm³/mol. The zero-order chi connectivity index (χ0) is 15.3. The van der Waals surface area contributed by atoms with Gasteiger partial charge < -0.3 is 14.7 Å². The number of hydrogen-bond acceptors (Lipinski definition) is 2. The van der Waals surface area contributed by atoms with Gasteiger partial charge >= 0.3 is 6.18 Å². The number of hydrogen-bond donors (Lipinski definition) is 2. The number of alkyl halides is 3. The quantitative estimate of drug-likeness (QED) is 0.763. The third kappa shape index (κ3) is 1.84. The van der Waals surface area contributed by atoms with Crippen molar-refractivity contribution in [1.82, 2.24) is 14.5 Å². The largest absolute Gasteiger partial charge is 0.428 e. The molecule has 110 valence electrons.